The van der Waals surface area contributed by atoms with E-state index in [0.29, 0.717) is 5.56 Å². The van der Waals surface area contributed by atoms with Gasteiger partial charge in [0.1, 0.15) is 11.2 Å². The second-order valence-corrected chi connectivity index (χ2v) is 11.7. The zero-order valence-electron chi connectivity index (χ0n) is 24.8. The average molecular weight is 587 g/mol. The molecule has 0 aliphatic heterocycles. The molecule has 0 saturated heterocycles. The van der Waals surface area contributed by atoms with Gasteiger partial charge in [0.25, 0.3) is 0 Å². The van der Waals surface area contributed by atoms with Crippen LogP contribution >= 0.6 is 0 Å². The predicted octanol–water partition coefficient (Wildman–Crippen LogP) is 11.6. The van der Waals surface area contributed by atoms with Crippen LogP contribution in [0.3, 0.4) is 0 Å². The third kappa shape index (κ3) is 4.20. The van der Waals surface area contributed by atoms with Crippen molar-refractivity contribution in [3.63, 3.8) is 0 Å². The number of furan rings is 1. The van der Waals surface area contributed by atoms with E-state index in [1.807, 2.05) is 24.3 Å². The van der Waals surface area contributed by atoms with Gasteiger partial charge >= 0.3 is 0 Å². The lowest BCUT2D eigenvalue weighted by Gasteiger charge is -2.09. The molecule has 0 amide bonds. The minimum absolute atomic E-state index is 0.659. The van der Waals surface area contributed by atoms with E-state index in [2.05, 4.69) is 144 Å². The maximum atomic E-state index is 9.55. The first kappa shape index (κ1) is 26.1. The van der Waals surface area contributed by atoms with E-state index >= 15 is 0 Å². The molecular formula is C43H26N2O. The quantitative estimate of drug-likeness (QED) is 0.206. The molecule has 214 valence electrons. The molecule has 2 aromatic heterocycles. The molecule has 46 heavy (non-hydrogen) atoms. The van der Waals surface area contributed by atoms with Crippen LogP contribution in [0.2, 0.25) is 0 Å². The molecule has 0 saturated carbocycles. The van der Waals surface area contributed by atoms with Gasteiger partial charge in [-0.25, -0.2) is 0 Å². The van der Waals surface area contributed by atoms with Gasteiger partial charge in [-0.3, -0.25) is 0 Å². The Morgan fingerprint density at radius 1 is 0.413 bits per heavy atom. The van der Waals surface area contributed by atoms with Crippen LogP contribution in [0.5, 0.6) is 0 Å². The molecule has 0 unspecified atom stereocenters. The van der Waals surface area contributed by atoms with Crippen LogP contribution in [-0.4, -0.2) is 4.57 Å². The standard InChI is InChI=1S/C43H26N2O/c44-27-28-16-19-41-37(22-28)36-14-4-5-15-40(36)45(41)35-18-21-43-39(26-35)38-25-34(17-20-42(38)46-43)33-13-7-12-32(24-33)31-11-6-10-30(23-31)29-8-2-1-3-9-29/h1-26H. The zero-order valence-corrected chi connectivity index (χ0v) is 24.8. The van der Waals surface area contributed by atoms with Crippen LogP contribution in [0.25, 0.3) is 82.8 Å². The monoisotopic (exact) mass is 586 g/mol. The van der Waals surface area contributed by atoms with Crippen LogP contribution < -0.4 is 0 Å². The summed E-state index contributed by atoms with van der Waals surface area (Å²) in [5.41, 5.74) is 12.7. The number of para-hydroxylation sites is 1. The van der Waals surface area contributed by atoms with Crippen LogP contribution in [0, 0.1) is 11.3 Å². The Labute approximate surface area is 265 Å². The van der Waals surface area contributed by atoms with E-state index in [9.17, 15) is 5.26 Å². The Balaban J connectivity index is 1.16. The maximum absolute atomic E-state index is 9.55. The highest BCUT2D eigenvalue weighted by Crippen LogP contribution is 2.38. The Morgan fingerprint density at radius 3 is 1.74 bits per heavy atom. The summed E-state index contributed by atoms with van der Waals surface area (Å²) in [4.78, 5) is 0. The molecule has 0 spiro atoms. The summed E-state index contributed by atoms with van der Waals surface area (Å²) < 4.78 is 8.60. The van der Waals surface area contributed by atoms with Gasteiger partial charge in [-0.2, -0.15) is 5.26 Å². The third-order valence-corrected chi connectivity index (χ3v) is 9.01. The summed E-state index contributed by atoms with van der Waals surface area (Å²) in [6.07, 6.45) is 0. The number of hydrogen-bond donors (Lipinski definition) is 0. The number of aromatic nitrogens is 1. The number of rotatable bonds is 4. The van der Waals surface area contributed by atoms with Crippen molar-refractivity contribution in [2.45, 2.75) is 0 Å². The third-order valence-electron chi connectivity index (χ3n) is 9.01. The molecule has 0 bridgehead atoms. The second kappa shape index (κ2) is 10.4. The minimum atomic E-state index is 0.659. The van der Waals surface area contributed by atoms with Crippen LogP contribution in [0.15, 0.2) is 162 Å². The molecule has 0 atom stereocenters. The molecule has 0 N–H and O–H groups in total. The number of nitriles is 1. The SMILES string of the molecule is N#Cc1ccc2c(c1)c1ccccc1n2-c1ccc2oc3ccc(-c4cccc(-c5cccc(-c6ccccc6)c5)c4)cc3c2c1. The van der Waals surface area contributed by atoms with E-state index in [1.54, 1.807) is 0 Å². The van der Waals surface area contributed by atoms with E-state index in [4.69, 9.17) is 4.42 Å². The molecule has 9 aromatic rings. The summed E-state index contributed by atoms with van der Waals surface area (Å²) in [7, 11) is 0. The first-order valence-corrected chi connectivity index (χ1v) is 15.4. The van der Waals surface area contributed by atoms with Crippen molar-refractivity contribution >= 4 is 43.7 Å². The molecule has 3 nitrogen and oxygen atoms in total. The Hall–Kier alpha value is -6.37. The van der Waals surface area contributed by atoms with Gasteiger partial charge in [0, 0.05) is 27.2 Å². The first-order chi connectivity index (χ1) is 22.7. The summed E-state index contributed by atoms with van der Waals surface area (Å²) in [6.45, 7) is 0. The minimum Gasteiger partial charge on any atom is -0.456 e. The first-order valence-electron chi connectivity index (χ1n) is 15.4. The Kier molecular flexibility index (Phi) is 5.88. The highest BCUT2D eigenvalue weighted by atomic mass is 16.3. The molecule has 2 heterocycles. The molecule has 0 fully saturated rings. The number of nitrogens with zero attached hydrogens (tertiary/aromatic N) is 2. The summed E-state index contributed by atoms with van der Waals surface area (Å²) >= 11 is 0. The smallest absolute Gasteiger partial charge is 0.135 e. The fraction of sp³-hybridized carbons (Fsp3) is 0. The van der Waals surface area contributed by atoms with E-state index in [1.165, 1.54) is 22.3 Å². The van der Waals surface area contributed by atoms with Gasteiger partial charge < -0.3 is 8.98 Å². The molecule has 7 aromatic carbocycles. The average Bonchev–Trinajstić information content (AvgIpc) is 3.66. The van der Waals surface area contributed by atoms with Crippen LogP contribution in [0.1, 0.15) is 5.56 Å². The molecule has 0 radical (unpaired) electrons. The van der Waals surface area contributed by atoms with Gasteiger partial charge in [0.2, 0.25) is 0 Å². The van der Waals surface area contributed by atoms with Crippen LogP contribution in [0.4, 0.5) is 0 Å². The van der Waals surface area contributed by atoms with Crippen molar-refractivity contribution in [1.29, 1.82) is 5.26 Å². The van der Waals surface area contributed by atoms with Crippen molar-refractivity contribution in [1.82, 2.24) is 4.57 Å². The lowest BCUT2D eigenvalue weighted by atomic mass is 9.96. The van der Waals surface area contributed by atoms with Crippen LogP contribution in [-0.2, 0) is 0 Å². The fourth-order valence-corrected chi connectivity index (χ4v) is 6.79. The highest BCUT2D eigenvalue weighted by molar-refractivity contribution is 6.11. The highest BCUT2D eigenvalue weighted by Gasteiger charge is 2.15. The van der Waals surface area contributed by atoms with Crippen molar-refractivity contribution in [2.24, 2.45) is 0 Å². The van der Waals surface area contributed by atoms with Gasteiger partial charge in [-0.15, -0.1) is 0 Å². The maximum Gasteiger partial charge on any atom is 0.135 e. The zero-order chi connectivity index (χ0) is 30.6. The molecule has 0 aliphatic carbocycles. The number of fused-ring (bicyclic) bond motifs is 6. The Bertz CT molecular complexity index is 2650. The van der Waals surface area contributed by atoms with E-state index < -0.39 is 0 Å². The second-order valence-electron chi connectivity index (χ2n) is 11.7. The fourth-order valence-electron chi connectivity index (χ4n) is 6.79. The van der Waals surface area contributed by atoms with Gasteiger partial charge in [-0.05, 0) is 100 Å². The summed E-state index contributed by atoms with van der Waals surface area (Å²) in [5.74, 6) is 0. The summed E-state index contributed by atoms with van der Waals surface area (Å²) in [5, 5.41) is 13.9. The Morgan fingerprint density at radius 2 is 1.00 bits per heavy atom. The molecular weight excluding hydrogens is 560 g/mol. The number of hydrogen-bond acceptors (Lipinski definition) is 2. The predicted molar refractivity (Wildman–Crippen MR) is 189 cm³/mol. The van der Waals surface area contributed by atoms with Crippen molar-refractivity contribution in [2.75, 3.05) is 0 Å². The van der Waals surface area contributed by atoms with Gasteiger partial charge in [0.15, 0.2) is 0 Å². The topological polar surface area (TPSA) is 41.9 Å². The molecule has 3 heteroatoms. The van der Waals surface area contributed by atoms with Crippen molar-refractivity contribution in [3.8, 4) is 45.1 Å². The molecule has 9 rings (SSSR count). The van der Waals surface area contributed by atoms with Crippen molar-refractivity contribution in [3.05, 3.63) is 163 Å². The molecule has 0 aliphatic rings. The lowest BCUT2D eigenvalue weighted by Crippen LogP contribution is -1.93. The normalized spacial score (nSPS) is 11.5. The lowest BCUT2D eigenvalue weighted by molar-refractivity contribution is 0.669. The van der Waals surface area contributed by atoms with E-state index in [-0.39, 0.29) is 0 Å². The summed E-state index contributed by atoms with van der Waals surface area (Å²) in [6, 6.07) is 57.5. The van der Waals surface area contributed by atoms with E-state index in [0.717, 1.165) is 60.6 Å². The van der Waals surface area contributed by atoms with Gasteiger partial charge in [-0.1, -0.05) is 91.0 Å². The largest absolute Gasteiger partial charge is 0.456 e. The van der Waals surface area contributed by atoms with Crippen molar-refractivity contribution < 1.29 is 4.42 Å². The van der Waals surface area contributed by atoms with Gasteiger partial charge in [0.05, 0.1) is 22.7 Å². The number of benzene rings is 7.